The van der Waals surface area contributed by atoms with Crippen molar-refractivity contribution in [3.63, 3.8) is 0 Å². The van der Waals surface area contributed by atoms with Gasteiger partial charge in [-0.1, -0.05) is 22.0 Å². The number of carbonyl (C=O) groups is 2. The third-order valence-corrected chi connectivity index (χ3v) is 5.04. The first kappa shape index (κ1) is 19.5. The topological polar surface area (TPSA) is 61.4 Å². The van der Waals surface area contributed by atoms with Crippen LogP contribution in [0, 0.1) is 0 Å². The van der Waals surface area contributed by atoms with Gasteiger partial charge in [0, 0.05) is 34.4 Å². The average Bonchev–Trinajstić information content (AvgIpc) is 2.68. The van der Waals surface area contributed by atoms with E-state index in [4.69, 9.17) is 12.2 Å². The van der Waals surface area contributed by atoms with Gasteiger partial charge in [-0.3, -0.25) is 14.9 Å². The largest absolute Gasteiger partial charge is 0.339 e. The fraction of sp³-hybridized carbons (Fsp3) is 0.250. The molecule has 2 aromatic carbocycles. The Morgan fingerprint density at radius 1 is 0.963 bits per heavy atom. The second-order valence-corrected chi connectivity index (χ2v) is 7.67. The molecule has 0 bridgehead atoms. The number of nitrogens with one attached hydrogen (secondary N) is 2. The Morgan fingerprint density at radius 3 is 2.33 bits per heavy atom. The molecule has 0 radical (unpaired) electrons. The molecule has 2 aromatic rings. The smallest absolute Gasteiger partial charge is 0.257 e. The number of amides is 2. The zero-order chi connectivity index (χ0) is 19.2. The van der Waals surface area contributed by atoms with Crippen molar-refractivity contribution in [2.24, 2.45) is 0 Å². The van der Waals surface area contributed by atoms with Crippen molar-refractivity contribution < 1.29 is 9.59 Å². The molecule has 1 aliphatic rings. The second-order valence-electron chi connectivity index (χ2n) is 6.35. The number of likely N-dealkylation sites (tertiary alicyclic amines) is 1. The first-order valence-electron chi connectivity index (χ1n) is 8.80. The number of hydrogen-bond acceptors (Lipinski definition) is 3. The van der Waals surface area contributed by atoms with Crippen LogP contribution in [0.2, 0.25) is 0 Å². The van der Waals surface area contributed by atoms with E-state index in [1.165, 1.54) is 6.42 Å². The molecule has 0 saturated carbocycles. The molecule has 1 aliphatic heterocycles. The lowest BCUT2D eigenvalue weighted by molar-refractivity contribution is 0.0724. The van der Waals surface area contributed by atoms with Crippen LogP contribution >= 0.6 is 28.1 Å². The van der Waals surface area contributed by atoms with Crippen LogP contribution in [0.3, 0.4) is 0 Å². The fourth-order valence-electron chi connectivity index (χ4n) is 2.94. The first-order chi connectivity index (χ1) is 13.0. The van der Waals surface area contributed by atoms with Crippen molar-refractivity contribution in [2.45, 2.75) is 19.3 Å². The Bertz CT molecular complexity index is 849. The third kappa shape index (κ3) is 5.37. The number of anilines is 1. The Labute approximate surface area is 172 Å². The molecule has 1 fully saturated rings. The lowest BCUT2D eigenvalue weighted by Crippen LogP contribution is -2.35. The van der Waals surface area contributed by atoms with Crippen LogP contribution in [0.15, 0.2) is 53.0 Å². The lowest BCUT2D eigenvalue weighted by atomic mass is 10.1. The van der Waals surface area contributed by atoms with Gasteiger partial charge in [0.15, 0.2) is 5.11 Å². The molecular weight excluding hydrogens is 426 g/mol. The van der Waals surface area contributed by atoms with Gasteiger partial charge in [0.05, 0.1) is 0 Å². The molecule has 7 heteroatoms. The SMILES string of the molecule is O=C(NC(=S)Nc1ccc(C(=O)N2CCCCC2)cc1)c1cccc(Br)c1. The zero-order valence-electron chi connectivity index (χ0n) is 14.7. The molecule has 2 amide bonds. The summed E-state index contributed by atoms with van der Waals surface area (Å²) in [6.45, 7) is 1.65. The number of carbonyl (C=O) groups excluding carboxylic acids is 2. The predicted molar refractivity (Wildman–Crippen MR) is 114 cm³/mol. The van der Waals surface area contributed by atoms with Crippen molar-refractivity contribution in [1.29, 1.82) is 0 Å². The minimum atomic E-state index is -0.286. The van der Waals surface area contributed by atoms with Crippen LogP contribution < -0.4 is 10.6 Å². The van der Waals surface area contributed by atoms with Crippen LogP contribution in [-0.2, 0) is 0 Å². The molecule has 0 spiro atoms. The van der Waals surface area contributed by atoms with E-state index in [0.29, 0.717) is 16.8 Å². The van der Waals surface area contributed by atoms with Gasteiger partial charge in [-0.15, -0.1) is 0 Å². The standard InChI is InChI=1S/C20H20BrN3O2S/c21-16-6-4-5-15(13-16)18(25)23-20(27)22-17-9-7-14(8-10-17)19(26)24-11-2-1-3-12-24/h4-10,13H,1-3,11-12H2,(H2,22,23,25,27). The highest BCUT2D eigenvalue weighted by atomic mass is 79.9. The molecule has 0 aromatic heterocycles. The van der Waals surface area contributed by atoms with E-state index < -0.39 is 0 Å². The summed E-state index contributed by atoms with van der Waals surface area (Å²) < 4.78 is 0.822. The summed E-state index contributed by atoms with van der Waals surface area (Å²) in [5.41, 5.74) is 1.88. The number of thiocarbonyl (C=S) groups is 1. The van der Waals surface area contributed by atoms with Crippen molar-refractivity contribution in [1.82, 2.24) is 10.2 Å². The maximum absolute atomic E-state index is 12.5. The maximum atomic E-state index is 12.5. The van der Waals surface area contributed by atoms with Gasteiger partial charge in [0.2, 0.25) is 0 Å². The molecule has 140 valence electrons. The number of hydrogen-bond donors (Lipinski definition) is 2. The monoisotopic (exact) mass is 445 g/mol. The van der Waals surface area contributed by atoms with Gasteiger partial charge in [0.1, 0.15) is 0 Å². The molecule has 3 rings (SSSR count). The summed E-state index contributed by atoms with van der Waals surface area (Å²) in [7, 11) is 0. The Morgan fingerprint density at radius 2 is 1.67 bits per heavy atom. The summed E-state index contributed by atoms with van der Waals surface area (Å²) >= 11 is 8.54. The highest BCUT2D eigenvalue weighted by molar-refractivity contribution is 9.10. The van der Waals surface area contributed by atoms with Crippen LogP contribution in [0.1, 0.15) is 40.0 Å². The van der Waals surface area contributed by atoms with E-state index in [1.807, 2.05) is 11.0 Å². The van der Waals surface area contributed by atoms with Gasteiger partial charge >= 0.3 is 0 Å². The van der Waals surface area contributed by atoms with E-state index in [1.54, 1.807) is 42.5 Å². The molecule has 2 N–H and O–H groups in total. The summed E-state index contributed by atoms with van der Waals surface area (Å²) in [6, 6.07) is 14.2. The van der Waals surface area contributed by atoms with E-state index in [9.17, 15) is 9.59 Å². The number of nitrogens with zero attached hydrogens (tertiary/aromatic N) is 1. The Kier molecular flexibility index (Phi) is 6.58. The van der Waals surface area contributed by atoms with Gasteiger partial charge in [-0.2, -0.15) is 0 Å². The highest BCUT2D eigenvalue weighted by Crippen LogP contribution is 2.16. The van der Waals surface area contributed by atoms with Gasteiger partial charge in [-0.25, -0.2) is 0 Å². The maximum Gasteiger partial charge on any atom is 0.257 e. The minimum Gasteiger partial charge on any atom is -0.339 e. The quantitative estimate of drug-likeness (QED) is 0.694. The molecule has 27 heavy (non-hydrogen) atoms. The van der Waals surface area contributed by atoms with Gasteiger partial charge < -0.3 is 10.2 Å². The van der Waals surface area contributed by atoms with Crippen molar-refractivity contribution in [3.8, 4) is 0 Å². The molecule has 0 atom stereocenters. The van der Waals surface area contributed by atoms with Crippen LogP contribution in [0.5, 0.6) is 0 Å². The first-order valence-corrected chi connectivity index (χ1v) is 10.0. The van der Waals surface area contributed by atoms with Gasteiger partial charge in [0.25, 0.3) is 11.8 Å². The van der Waals surface area contributed by atoms with Crippen molar-refractivity contribution in [2.75, 3.05) is 18.4 Å². The number of halogens is 1. The van der Waals surface area contributed by atoms with Crippen LogP contribution in [-0.4, -0.2) is 34.9 Å². The fourth-order valence-corrected chi connectivity index (χ4v) is 3.55. The Hall–Kier alpha value is -2.25. The van der Waals surface area contributed by atoms with Crippen molar-refractivity contribution in [3.05, 3.63) is 64.1 Å². The number of benzene rings is 2. The predicted octanol–water partition coefficient (Wildman–Crippen LogP) is 4.20. The molecule has 1 heterocycles. The Balaban J connectivity index is 1.56. The van der Waals surface area contributed by atoms with E-state index >= 15 is 0 Å². The van der Waals surface area contributed by atoms with Crippen molar-refractivity contribution >= 4 is 50.8 Å². The lowest BCUT2D eigenvalue weighted by Gasteiger charge is -2.26. The van der Waals surface area contributed by atoms with E-state index in [-0.39, 0.29) is 16.9 Å². The summed E-state index contributed by atoms with van der Waals surface area (Å²) in [4.78, 5) is 26.6. The molecule has 0 aliphatic carbocycles. The van der Waals surface area contributed by atoms with E-state index in [0.717, 1.165) is 30.4 Å². The molecule has 1 saturated heterocycles. The third-order valence-electron chi connectivity index (χ3n) is 4.35. The van der Waals surface area contributed by atoms with E-state index in [2.05, 4.69) is 26.6 Å². The summed E-state index contributed by atoms with van der Waals surface area (Å²) in [6.07, 6.45) is 3.32. The summed E-state index contributed by atoms with van der Waals surface area (Å²) in [5, 5.41) is 5.82. The van der Waals surface area contributed by atoms with Gasteiger partial charge in [-0.05, 0) is 73.9 Å². The average molecular weight is 446 g/mol. The number of piperidine rings is 1. The number of rotatable bonds is 3. The normalized spacial score (nSPS) is 13.7. The summed E-state index contributed by atoms with van der Waals surface area (Å²) in [5.74, 6) is -0.225. The molecular formula is C20H20BrN3O2S. The van der Waals surface area contributed by atoms with Crippen LogP contribution in [0.4, 0.5) is 5.69 Å². The minimum absolute atomic E-state index is 0.0618. The zero-order valence-corrected chi connectivity index (χ0v) is 17.1. The second kappa shape index (κ2) is 9.10. The van der Waals surface area contributed by atoms with Crippen LogP contribution in [0.25, 0.3) is 0 Å². The molecule has 5 nitrogen and oxygen atoms in total. The molecule has 0 unspecified atom stereocenters. The highest BCUT2D eigenvalue weighted by Gasteiger charge is 2.18.